The topological polar surface area (TPSA) is 0 Å². The molecule has 0 bridgehead atoms. The summed E-state index contributed by atoms with van der Waals surface area (Å²) in [6.07, 6.45) is 10.3. The van der Waals surface area contributed by atoms with Crippen LogP contribution in [0.2, 0.25) is 0 Å². The van der Waals surface area contributed by atoms with Gasteiger partial charge in [0, 0.05) is 0 Å². The highest BCUT2D eigenvalue weighted by atomic mass is 14.1. The summed E-state index contributed by atoms with van der Waals surface area (Å²) in [5.41, 5.74) is 4.56. The van der Waals surface area contributed by atoms with E-state index < -0.39 is 0 Å². The van der Waals surface area contributed by atoms with Crippen LogP contribution in [-0.4, -0.2) is 0 Å². The van der Waals surface area contributed by atoms with Gasteiger partial charge in [0.1, 0.15) is 0 Å². The molecule has 0 amide bonds. The average Bonchev–Trinajstić information content (AvgIpc) is 2.03. The zero-order valence-corrected chi connectivity index (χ0v) is 8.35. The Hall–Kier alpha value is -0.780. The van der Waals surface area contributed by atoms with E-state index in [2.05, 4.69) is 39.0 Å². The van der Waals surface area contributed by atoms with E-state index >= 15 is 0 Å². The molecule has 0 nitrogen and oxygen atoms in total. The van der Waals surface area contributed by atoms with Crippen molar-refractivity contribution in [2.75, 3.05) is 0 Å². The molecule has 0 aromatic carbocycles. The Morgan fingerprint density at radius 1 is 1.25 bits per heavy atom. The zero-order valence-electron chi connectivity index (χ0n) is 8.35. The third-order valence-corrected chi connectivity index (χ3v) is 2.53. The van der Waals surface area contributed by atoms with E-state index in [1.165, 1.54) is 30.4 Å². The van der Waals surface area contributed by atoms with Gasteiger partial charge in [-0.05, 0) is 33.1 Å². The highest BCUT2D eigenvalue weighted by Crippen LogP contribution is 2.20. The molecule has 0 saturated heterocycles. The molecular formula is C12H18. The average molecular weight is 162 g/mol. The molecule has 0 spiro atoms. The van der Waals surface area contributed by atoms with Crippen LogP contribution < -0.4 is 0 Å². The molecule has 1 aliphatic rings. The first kappa shape index (κ1) is 9.31. The van der Waals surface area contributed by atoms with Gasteiger partial charge in [0.2, 0.25) is 0 Å². The van der Waals surface area contributed by atoms with Crippen molar-refractivity contribution in [1.82, 2.24) is 0 Å². The highest BCUT2D eigenvalue weighted by molar-refractivity contribution is 5.29. The van der Waals surface area contributed by atoms with Crippen LogP contribution >= 0.6 is 0 Å². The van der Waals surface area contributed by atoms with Crippen LogP contribution in [0.4, 0.5) is 0 Å². The van der Waals surface area contributed by atoms with Gasteiger partial charge in [0.05, 0.1) is 0 Å². The Bertz CT molecular complexity index is 239. The molecule has 66 valence electrons. The fraction of sp³-hybridized carbons (Fsp3) is 0.500. The summed E-state index contributed by atoms with van der Waals surface area (Å²) < 4.78 is 0. The molecule has 1 rings (SSSR count). The molecule has 0 saturated carbocycles. The molecule has 0 heteroatoms. The Labute approximate surface area is 75.7 Å². The summed E-state index contributed by atoms with van der Waals surface area (Å²) in [5.74, 6) is 0. The van der Waals surface area contributed by atoms with E-state index in [4.69, 9.17) is 0 Å². The summed E-state index contributed by atoms with van der Waals surface area (Å²) in [6, 6.07) is 0. The number of allylic oxidation sites excluding steroid dienone is 6. The van der Waals surface area contributed by atoms with Crippen LogP contribution in [0.1, 0.15) is 40.0 Å². The van der Waals surface area contributed by atoms with Crippen molar-refractivity contribution in [2.24, 2.45) is 0 Å². The predicted molar refractivity (Wildman–Crippen MR) is 55.1 cm³/mol. The van der Waals surface area contributed by atoms with Crippen molar-refractivity contribution in [1.29, 1.82) is 0 Å². The summed E-state index contributed by atoms with van der Waals surface area (Å²) in [4.78, 5) is 0. The van der Waals surface area contributed by atoms with Crippen molar-refractivity contribution >= 4 is 0 Å². The van der Waals surface area contributed by atoms with Gasteiger partial charge in [-0.25, -0.2) is 0 Å². The quantitative estimate of drug-likeness (QED) is 0.546. The van der Waals surface area contributed by atoms with Crippen molar-refractivity contribution in [3.8, 4) is 0 Å². The van der Waals surface area contributed by atoms with E-state index in [-0.39, 0.29) is 0 Å². The fourth-order valence-corrected chi connectivity index (χ4v) is 1.56. The summed E-state index contributed by atoms with van der Waals surface area (Å²) in [7, 11) is 0. The lowest BCUT2D eigenvalue weighted by atomic mass is 9.97. The maximum Gasteiger partial charge on any atom is -0.0277 e. The van der Waals surface area contributed by atoms with Crippen molar-refractivity contribution in [3.05, 3.63) is 34.9 Å². The first-order chi connectivity index (χ1) is 5.74. The second kappa shape index (κ2) is 4.30. The second-order valence-corrected chi connectivity index (χ2v) is 3.51. The normalized spacial score (nSPS) is 18.8. The van der Waals surface area contributed by atoms with Gasteiger partial charge >= 0.3 is 0 Å². The summed E-state index contributed by atoms with van der Waals surface area (Å²) >= 11 is 0. The van der Waals surface area contributed by atoms with E-state index in [1.54, 1.807) is 5.57 Å². The number of rotatable bonds is 1. The van der Waals surface area contributed by atoms with Gasteiger partial charge in [-0.3, -0.25) is 0 Å². The smallest absolute Gasteiger partial charge is 0.0277 e. The third kappa shape index (κ3) is 2.37. The Kier molecular flexibility index (Phi) is 3.33. The first-order valence-corrected chi connectivity index (χ1v) is 4.76. The molecule has 12 heavy (non-hydrogen) atoms. The van der Waals surface area contributed by atoms with Gasteiger partial charge in [0.25, 0.3) is 0 Å². The highest BCUT2D eigenvalue weighted by Gasteiger charge is 2.00. The molecule has 0 aromatic heterocycles. The number of hydrogen-bond acceptors (Lipinski definition) is 0. The van der Waals surface area contributed by atoms with Crippen molar-refractivity contribution in [3.63, 3.8) is 0 Å². The van der Waals surface area contributed by atoms with Crippen molar-refractivity contribution in [2.45, 2.75) is 40.0 Å². The van der Waals surface area contributed by atoms with Gasteiger partial charge in [-0.2, -0.15) is 0 Å². The molecule has 0 radical (unpaired) electrons. The standard InChI is InChI=1S/C12H18/c1-4-12-9-8-10(2)6-5-7-11(12)3/h5-7H,4,8-9H2,1-3H3. The molecule has 0 atom stereocenters. The second-order valence-electron chi connectivity index (χ2n) is 3.51. The SMILES string of the molecule is CCC1=C(C)C=CC=C(C)CC1. The van der Waals surface area contributed by atoms with Crippen LogP contribution in [-0.2, 0) is 0 Å². The molecule has 0 fully saturated rings. The Balaban J connectivity index is 2.83. The summed E-state index contributed by atoms with van der Waals surface area (Å²) in [6.45, 7) is 6.66. The predicted octanol–water partition coefficient (Wildman–Crippen LogP) is 4.01. The molecule has 0 N–H and O–H groups in total. The van der Waals surface area contributed by atoms with Gasteiger partial charge in [-0.15, -0.1) is 0 Å². The van der Waals surface area contributed by atoms with Crippen LogP contribution in [0.15, 0.2) is 34.9 Å². The van der Waals surface area contributed by atoms with Crippen LogP contribution in [0.25, 0.3) is 0 Å². The molecular weight excluding hydrogens is 144 g/mol. The van der Waals surface area contributed by atoms with Gasteiger partial charge < -0.3 is 0 Å². The van der Waals surface area contributed by atoms with E-state index in [0.717, 1.165) is 0 Å². The van der Waals surface area contributed by atoms with E-state index in [0.29, 0.717) is 0 Å². The van der Waals surface area contributed by atoms with Gasteiger partial charge in [0.15, 0.2) is 0 Å². The van der Waals surface area contributed by atoms with Crippen LogP contribution in [0.5, 0.6) is 0 Å². The van der Waals surface area contributed by atoms with Crippen LogP contribution in [0, 0.1) is 0 Å². The maximum atomic E-state index is 2.24. The minimum atomic E-state index is 1.20. The molecule has 0 aliphatic heterocycles. The third-order valence-electron chi connectivity index (χ3n) is 2.53. The number of hydrogen-bond donors (Lipinski definition) is 0. The van der Waals surface area contributed by atoms with E-state index in [1.807, 2.05) is 0 Å². The molecule has 0 unspecified atom stereocenters. The lowest BCUT2D eigenvalue weighted by Gasteiger charge is -2.10. The van der Waals surface area contributed by atoms with Gasteiger partial charge in [-0.1, -0.05) is 41.9 Å². The van der Waals surface area contributed by atoms with E-state index in [9.17, 15) is 0 Å². The van der Waals surface area contributed by atoms with Crippen LogP contribution in [0.3, 0.4) is 0 Å². The molecule has 0 aromatic rings. The zero-order chi connectivity index (χ0) is 8.97. The Morgan fingerprint density at radius 2 is 2.00 bits per heavy atom. The molecule has 1 aliphatic carbocycles. The summed E-state index contributed by atoms with van der Waals surface area (Å²) in [5, 5.41) is 0. The monoisotopic (exact) mass is 162 g/mol. The molecule has 0 heterocycles. The van der Waals surface area contributed by atoms with Crippen molar-refractivity contribution < 1.29 is 0 Å². The first-order valence-electron chi connectivity index (χ1n) is 4.76. The maximum absolute atomic E-state index is 2.24. The minimum Gasteiger partial charge on any atom is -0.0730 e. The minimum absolute atomic E-state index is 1.20. The Morgan fingerprint density at radius 3 is 2.67 bits per heavy atom. The fourth-order valence-electron chi connectivity index (χ4n) is 1.56. The largest absolute Gasteiger partial charge is 0.0730 e. The lowest BCUT2D eigenvalue weighted by molar-refractivity contribution is 0.859. The lowest BCUT2D eigenvalue weighted by Crippen LogP contribution is -1.89.